The average molecular weight is 366 g/mol. The number of ether oxygens (including phenoxy) is 1. The number of nitrogens with zero attached hydrogens (tertiary/aromatic N) is 2. The molecule has 1 aromatic heterocycles. The Kier molecular flexibility index (Phi) is 4.17. The van der Waals surface area contributed by atoms with Gasteiger partial charge in [-0.05, 0) is 29.8 Å². The number of aromatic nitrogens is 2. The first-order valence-corrected chi connectivity index (χ1v) is 7.88. The highest BCUT2D eigenvalue weighted by Crippen LogP contribution is 2.27. The normalized spacial score (nSPS) is 11.0. The third-order valence-corrected chi connectivity index (χ3v) is 4.18. The predicted molar refractivity (Wildman–Crippen MR) is 89.1 cm³/mol. The maximum absolute atomic E-state index is 6.06. The fraction of sp³-hybridized carbons (Fsp3) is 0.188. The van der Waals surface area contributed by atoms with Crippen LogP contribution < -0.4 is 4.74 Å². The molecule has 5 heteroatoms. The molecule has 21 heavy (non-hydrogen) atoms. The van der Waals surface area contributed by atoms with Gasteiger partial charge in [0, 0.05) is 11.0 Å². The fourth-order valence-electron chi connectivity index (χ4n) is 2.38. The number of hydrogen-bond acceptors (Lipinski definition) is 2. The number of benzene rings is 2. The van der Waals surface area contributed by atoms with Crippen LogP contribution in [0.2, 0.25) is 0 Å². The van der Waals surface area contributed by atoms with Crippen molar-refractivity contribution < 1.29 is 4.74 Å². The zero-order chi connectivity index (χ0) is 14.8. The number of fused-ring (bicyclic) bond motifs is 1. The van der Waals surface area contributed by atoms with Gasteiger partial charge in [0.05, 0.1) is 18.5 Å². The van der Waals surface area contributed by atoms with E-state index in [1.165, 1.54) is 5.56 Å². The minimum atomic E-state index is 0.369. The van der Waals surface area contributed by atoms with Crippen LogP contribution in [-0.2, 0) is 12.4 Å². The summed E-state index contributed by atoms with van der Waals surface area (Å²) in [5, 5.41) is 0. The Balaban J connectivity index is 2.10. The predicted octanol–water partition coefficient (Wildman–Crippen LogP) is 4.59. The van der Waals surface area contributed by atoms with Crippen LogP contribution >= 0.6 is 27.5 Å². The highest BCUT2D eigenvalue weighted by molar-refractivity contribution is 9.10. The van der Waals surface area contributed by atoms with Gasteiger partial charge in [0.2, 0.25) is 0 Å². The van der Waals surface area contributed by atoms with Gasteiger partial charge in [0.25, 0.3) is 0 Å². The van der Waals surface area contributed by atoms with Crippen LogP contribution in [-0.4, -0.2) is 16.7 Å². The van der Waals surface area contributed by atoms with Gasteiger partial charge in [-0.2, -0.15) is 0 Å². The number of halogens is 2. The van der Waals surface area contributed by atoms with E-state index in [2.05, 4.69) is 37.6 Å². The number of hydrogen-bond donors (Lipinski definition) is 0. The third-order valence-electron chi connectivity index (χ3n) is 3.41. The Hall–Kier alpha value is -1.52. The molecule has 0 amide bonds. The van der Waals surface area contributed by atoms with Crippen molar-refractivity contribution in [3.05, 3.63) is 58.3 Å². The van der Waals surface area contributed by atoms with E-state index in [9.17, 15) is 0 Å². The maximum atomic E-state index is 6.06. The van der Waals surface area contributed by atoms with Crippen LogP contribution in [0.4, 0.5) is 0 Å². The second-order valence-corrected chi connectivity index (χ2v) is 5.89. The molecule has 2 aromatic carbocycles. The summed E-state index contributed by atoms with van der Waals surface area (Å²) in [6.45, 7) is 0.735. The van der Waals surface area contributed by atoms with E-state index in [0.29, 0.717) is 5.88 Å². The van der Waals surface area contributed by atoms with Crippen molar-refractivity contribution in [2.24, 2.45) is 0 Å². The number of para-hydroxylation sites is 1. The molecule has 3 aromatic rings. The lowest BCUT2D eigenvalue weighted by Gasteiger charge is -2.08. The van der Waals surface area contributed by atoms with E-state index in [4.69, 9.17) is 16.3 Å². The summed E-state index contributed by atoms with van der Waals surface area (Å²) in [5.74, 6) is 1.99. The van der Waals surface area contributed by atoms with Crippen LogP contribution in [0.15, 0.2) is 46.9 Å². The molecule has 0 aliphatic heterocycles. The van der Waals surface area contributed by atoms with E-state index in [-0.39, 0.29) is 0 Å². The lowest BCUT2D eigenvalue weighted by molar-refractivity contribution is 0.419. The van der Waals surface area contributed by atoms with Crippen LogP contribution in [0.1, 0.15) is 11.4 Å². The smallest absolute Gasteiger partial charge is 0.146 e. The lowest BCUT2D eigenvalue weighted by Crippen LogP contribution is -2.03. The monoisotopic (exact) mass is 364 g/mol. The maximum Gasteiger partial charge on any atom is 0.146 e. The highest BCUT2D eigenvalue weighted by atomic mass is 79.9. The molecule has 0 aliphatic rings. The summed E-state index contributed by atoms with van der Waals surface area (Å²) in [6, 6.07) is 14.2. The van der Waals surface area contributed by atoms with Gasteiger partial charge in [0.1, 0.15) is 17.1 Å². The van der Waals surface area contributed by atoms with Crippen LogP contribution in [0, 0.1) is 0 Å². The fourth-order valence-corrected chi connectivity index (χ4v) is 2.85. The Labute approximate surface area is 136 Å². The Bertz CT molecular complexity index is 768. The summed E-state index contributed by atoms with van der Waals surface area (Å²) in [6.07, 6.45) is 0. The van der Waals surface area contributed by atoms with Crippen molar-refractivity contribution in [2.45, 2.75) is 12.4 Å². The van der Waals surface area contributed by atoms with E-state index in [1.807, 2.05) is 30.3 Å². The third kappa shape index (κ3) is 2.78. The molecule has 1 heterocycles. The number of alkyl halides is 1. The topological polar surface area (TPSA) is 27.1 Å². The standard InChI is InChI=1S/C16H14BrClN2O/c1-21-14-4-2-3-13-16(14)19-15(9-18)20(13)10-11-5-7-12(17)8-6-11/h2-8H,9-10H2,1H3. The summed E-state index contributed by atoms with van der Waals surface area (Å²) in [5.41, 5.74) is 3.09. The van der Waals surface area contributed by atoms with Gasteiger partial charge in [-0.3, -0.25) is 0 Å². The van der Waals surface area contributed by atoms with Gasteiger partial charge >= 0.3 is 0 Å². The Morgan fingerprint density at radius 2 is 1.95 bits per heavy atom. The van der Waals surface area contributed by atoms with Crippen molar-refractivity contribution >= 4 is 38.6 Å². The van der Waals surface area contributed by atoms with Crippen molar-refractivity contribution in [3.8, 4) is 5.75 Å². The summed E-state index contributed by atoms with van der Waals surface area (Å²) < 4.78 is 8.58. The van der Waals surface area contributed by atoms with Gasteiger partial charge < -0.3 is 9.30 Å². The molecule has 0 atom stereocenters. The second kappa shape index (κ2) is 6.08. The Morgan fingerprint density at radius 3 is 2.62 bits per heavy atom. The molecule has 0 aliphatic carbocycles. The second-order valence-electron chi connectivity index (χ2n) is 4.70. The molecule has 0 unspecified atom stereocenters. The quantitative estimate of drug-likeness (QED) is 0.632. The van der Waals surface area contributed by atoms with Crippen molar-refractivity contribution in [1.29, 1.82) is 0 Å². The van der Waals surface area contributed by atoms with E-state index >= 15 is 0 Å². The molecule has 0 N–H and O–H groups in total. The largest absolute Gasteiger partial charge is 0.494 e. The lowest BCUT2D eigenvalue weighted by atomic mass is 10.2. The number of methoxy groups -OCH3 is 1. The van der Waals surface area contributed by atoms with E-state index < -0.39 is 0 Å². The van der Waals surface area contributed by atoms with Crippen LogP contribution in [0.25, 0.3) is 11.0 Å². The minimum absolute atomic E-state index is 0.369. The molecule has 0 fully saturated rings. The van der Waals surface area contributed by atoms with Crippen molar-refractivity contribution in [2.75, 3.05) is 7.11 Å². The van der Waals surface area contributed by atoms with Crippen LogP contribution in [0.3, 0.4) is 0 Å². The van der Waals surface area contributed by atoms with Gasteiger partial charge in [0.15, 0.2) is 0 Å². The van der Waals surface area contributed by atoms with E-state index in [1.54, 1.807) is 7.11 Å². The van der Waals surface area contributed by atoms with Crippen LogP contribution in [0.5, 0.6) is 5.75 Å². The summed E-state index contributed by atoms with van der Waals surface area (Å²) in [4.78, 5) is 4.61. The molecule has 3 rings (SSSR count). The van der Waals surface area contributed by atoms with Gasteiger partial charge in [-0.1, -0.05) is 34.1 Å². The molecule has 108 valence electrons. The molecule has 0 saturated heterocycles. The van der Waals surface area contributed by atoms with Crippen molar-refractivity contribution in [3.63, 3.8) is 0 Å². The molecule has 0 radical (unpaired) electrons. The summed E-state index contributed by atoms with van der Waals surface area (Å²) >= 11 is 9.51. The number of imidazole rings is 1. The minimum Gasteiger partial charge on any atom is -0.494 e. The zero-order valence-corrected chi connectivity index (χ0v) is 13.9. The van der Waals surface area contributed by atoms with E-state index in [0.717, 1.165) is 33.6 Å². The SMILES string of the molecule is COc1cccc2c1nc(CCl)n2Cc1ccc(Br)cc1. The van der Waals surface area contributed by atoms with Gasteiger partial charge in [-0.25, -0.2) is 4.98 Å². The molecular formula is C16H14BrClN2O. The molecule has 0 saturated carbocycles. The molecule has 3 nitrogen and oxygen atoms in total. The first-order valence-electron chi connectivity index (χ1n) is 6.55. The average Bonchev–Trinajstić information content (AvgIpc) is 2.87. The molecule has 0 bridgehead atoms. The first-order chi connectivity index (χ1) is 10.2. The summed E-state index contributed by atoms with van der Waals surface area (Å²) in [7, 11) is 1.66. The zero-order valence-electron chi connectivity index (χ0n) is 11.5. The Morgan fingerprint density at radius 1 is 1.19 bits per heavy atom. The number of rotatable bonds is 4. The van der Waals surface area contributed by atoms with Gasteiger partial charge in [-0.15, -0.1) is 11.6 Å². The van der Waals surface area contributed by atoms with Crippen molar-refractivity contribution in [1.82, 2.24) is 9.55 Å². The highest BCUT2D eigenvalue weighted by Gasteiger charge is 2.13. The molecular weight excluding hydrogens is 352 g/mol. The first kappa shape index (κ1) is 14.4. The molecule has 0 spiro atoms.